The Morgan fingerprint density at radius 2 is 0.944 bits per heavy atom. The number of benzene rings is 2. The molecule has 2 aromatic carbocycles. The topological polar surface area (TPSA) is 40.5 Å². The summed E-state index contributed by atoms with van der Waals surface area (Å²) in [7, 11) is 0. The molecule has 6 heteroatoms. The maximum atomic E-state index is 13.5. The van der Waals surface area contributed by atoms with E-state index in [-0.39, 0.29) is 0 Å². The summed E-state index contributed by atoms with van der Waals surface area (Å²) in [6.07, 6.45) is 0. The second kappa shape index (κ2) is 4.21. The van der Waals surface area contributed by atoms with Crippen LogP contribution in [-0.2, 0) is 0 Å². The Bertz CT molecular complexity index is 524. The highest BCUT2D eigenvalue weighted by molar-refractivity contribution is 5.76. The highest BCUT2D eigenvalue weighted by Gasteiger charge is 2.21. The number of aromatic hydroxyl groups is 2. The largest absolute Gasteiger partial charge is 0.507 e. The summed E-state index contributed by atoms with van der Waals surface area (Å²) in [5.74, 6) is -6.45. The van der Waals surface area contributed by atoms with Crippen LogP contribution in [-0.4, -0.2) is 10.2 Å². The normalized spacial score (nSPS) is 10.7. The fourth-order valence-corrected chi connectivity index (χ4v) is 1.62. The van der Waals surface area contributed by atoms with Crippen molar-refractivity contribution in [1.29, 1.82) is 0 Å². The maximum absolute atomic E-state index is 13.5. The van der Waals surface area contributed by atoms with Gasteiger partial charge in [-0.3, -0.25) is 0 Å². The first kappa shape index (κ1) is 12.2. The fourth-order valence-electron chi connectivity index (χ4n) is 1.62. The predicted molar refractivity (Wildman–Crippen MR) is 55.0 cm³/mol. The van der Waals surface area contributed by atoms with Crippen molar-refractivity contribution < 1.29 is 27.8 Å². The van der Waals surface area contributed by atoms with Gasteiger partial charge in [0.25, 0.3) is 0 Å². The van der Waals surface area contributed by atoms with Crippen LogP contribution in [0.2, 0.25) is 0 Å². The second-order valence-electron chi connectivity index (χ2n) is 3.56. The third-order valence-electron chi connectivity index (χ3n) is 2.32. The third kappa shape index (κ3) is 1.97. The molecular weight excluding hydrogens is 252 g/mol. The highest BCUT2D eigenvalue weighted by atomic mass is 19.1. The summed E-state index contributed by atoms with van der Waals surface area (Å²) in [5, 5.41) is 18.8. The van der Waals surface area contributed by atoms with Gasteiger partial charge in [0, 0.05) is 24.3 Å². The van der Waals surface area contributed by atoms with E-state index in [0.29, 0.717) is 24.3 Å². The van der Waals surface area contributed by atoms with Crippen LogP contribution >= 0.6 is 0 Å². The molecule has 2 aromatic rings. The standard InChI is InChI=1S/C12H6F4O2/c13-5-1-7(15)11(9(17)3-5)12-8(16)2-6(14)4-10(12)18/h1-4,17-18H. The van der Waals surface area contributed by atoms with E-state index in [0.717, 1.165) is 0 Å². The quantitative estimate of drug-likeness (QED) is 0.770. The SMILES string of the molecule is Oc1cc(F)cc(F)c1-c1c(O)cc(F)cc1F. The van der Waals surface area contributed by atoms with Crippen molar-refractivity contribution in [1.82, 2.24) is 0 Å². The molecule has 0 spiro atoms. The van der Waals surface area contributed by atoms with Crippen LogP contribution in [0.1, 0.15) is 0 Å². The average molecular weight is 258 g/mol. The smallest absolute Gasteiger partial charge is 0.137 e. The zero-order valence-corrected chi connectivity index (χ0v) is 8.72. The minimum atomic E-state index is -1.27. The molecule has 0 aromatic heterocycles. The summed E-state index contributed by atoms with van der Waals surface area (Å²) in [6, 6.07) is 1.94. The molecule has 0 aliphatic rings. The maximum Gasteiger partial charge on any atom is 0.137 e. The highest BCUT2D eigenvalue weighted by Crippen LogP contribution is 2.39. The van der Waals surface area contributed by atoms with Crippen LogP contribution in [0.25, 0.3) is 11.1 Å². The first-order chi connectivity index (χ1) is 8.40. The first-order valence-electron chi connectivity index (χ1n) is 4.76. The lowest BCUT2D eigenvalue weighted by Gasteiger charge is -2.10. The van der Waals surface area contributed by atoms with E-state index in [1.165, 1.54) is 0 Å². The molecular formula is C12H6F4O2. The molecule has 0 heterocycles. The van der Waals surface area contributed by atoms with Crippen molar-refractivity contribution in [2.24, 2.45) is 0 Å². The Hall–Kier alpha value is -2.24. The predicted octanol–water partition coefficient (Wildman–Crippen LogP) is 3.32. The third-order valence-corrected chi connectivity index (χ3v) is 2.32. The Labute approximate surface area is 98.7 Å². The molecule has 94 valence electrons. The summed E-state index contributed by atoms with van der Waals surface area (Å²) in [5.41, 5.74) is -1.46. The van der Waals surface area contributed by atoms with Gasteiger partial charge >= 0.3 is 0 Å². The fraction of sp³-hybridized carbons (Fsp3) is 0. The molecule has 0 amide bonds. The van der Waals surface area contributed by atoms with E-state index in [1.54, 1.807) is 0 Å². The Balaban J connectivity index is 2.78. The van der Waals surface area contributed by atoms with Gasteiger partial charge < -0.3 is 10.2 Å². The van der Waals surface area contributed by atoms with E-state index >= 15 is 0 Å². The van der Waals surface area contributed by atoms with Gasteiger partial charge in [0.2, 0.25) is 0 Å². The van der Waals surface area contributed by atoms with Crippen molar-refractivity contribution in [3.05, 3.63) is 47.5 Å². The number of hydrogen-bond donors (Lipinski definition) is 2. The molecule has 18 heavy (non-hydrogen) atoms. The van der Waals surface area contributed by atoms with E-state index in [2.05, 4.69) is 0 Å². The van der Waals surface area contributed by atoms with Crippen LogP contribution in [0.5, 0.6) is 11.5 Å². The minimum Gasteiger partial charge on any atom is -0.507 e. The average Bonchev–Trinajstić information content (AvgIpc) is 2.20. The molecule has 0 aliphatic carbocycles. The van der Waals surface area contributed by atoms with E-state index in [4.69, 9.17) is 0 Å². The Kier molecular flexibility index (Phi) is 2.86. The van der Waals surface area contributed by atoms with Crippen molar-refractivity contribution in [3.8, 4) is 22.6 Å². The van der Waals surface area contributed by atoms with E-state index in [1.807, 2.05) is 0 Å². The molecule has 0 saturated heterocycles. The number of halogens is 4. The summed E-state index contributed by atoms with van der Waals surface area (Å²) >= 11 is 0. The van der Waals surface area contributed by atoms with E-state index < -0.39 is 45.9 Å². The van der Waals surface area contributed by atoms with Crippen LogP contribution in [0.3, 0.4) is 0 Å². The Morgan fingerprint density at radius 3 is 1.22 bits per heavy atom. The molecule has 0 radical (unpaired) electrons. The van der Waals surface area contributed by atoms with Gasteiger partial charge in [0.15, 0.2) is 0 Å². The molecule has 0 fully saturated rings. The van der Waals surface area contributed by atoms with Crippen molar-refractivity contribution in [2.45, 2.75) is 0 Å². The monoisotopic (exact) mass is 258 g/mol. The lowest BCUT2D eigenvalue weighted by molar-refractivity contribution is 0.451. The summed E-state index contributed by atoms with van der Waals surface area (Å²) in [6.45, 7) is 0. The van der Waals surface area contributed by atoms with Gasteiger partial charge in [-0.05, 0) is 0 Å². The zero-order valence-electron chi connectivity index (χ0n) is 8.72. The summed E-state index contributed by atoms with van der Waals surface area (Å²) < 4.78 is 52.5. The number of phenols is 2. The second-order valence-corrected chi connectivity index (χ2v) is 3.56. The molecule has 2 rings (SSSR count). The number of hydrogen-bond acceptors (Lipinski definition) is 2. The zero-order chi connectivity index (χ0) is 13.4. The Morgan fingerprint density at radius 1 is 0.611 bits per heavy atom. The number of rotatable bonds is 1. The minimum absolute atomic E-state index is 0.414. The van der Waals surface area contributed by atoms with Crippen molar-refractivity contribution >= 4 is 0 Å². The molecule has 0 saturated carbocycles. The number of phenolic OH excluding ortho intramolecular Hbond substituents is 2. The van der Waals surface area contributed by atoms with E-state index in [9.17, 15) is 27.8 Å². The molecule has 0 atom stereocenters. The van der Waals surface area contributed by atoms with Crippen LogP contribution in [0, 0.1) is 23.3 Å². The van der Waals surface area contributed by atoms with Crippen LogP contribution < -0.4 is 0 Å². The van der Waals surface area contributed by atoms with Crippen LogP contribution in [0.4, 0.5) is 17.6 Å². The molecule has 2 N–H and O–H groups in total. The van der Waals surface area contributed by atoms with Crippen molar-refractivity contribution in [3.63, 3.8) is 0 Å². The molecule has 0 unspecified atom stereocenters. The van der Waals surface area contributed by atoms with Gasteiger partial charge in [-0.1, -0.05) is 0 Å². The van der Waals surface area contributed by atoms with Crippen LogP contribution in [0.15, 0.2) is 24.3 Å². The lowest BCUT2D eigenvalue weighted by atomic mass is 10.0. The summed E-state index contributed by atoms with van der Waals surface area (Å²) in [4.78, 5) is 0. The van der Waals surface area contributed by atoms with Crippen molar-refractivity contribution in [2.75, 3.05) is 0 Å². The molecule has 2 nitrogen and oxygen atoms in total. The van der Waals surface area contributed by atoms with Gasteiger partial charge in [-0.2, -0.15) is 0 Å². The van der Waals surface area contributed by atoms with Gasteiger partial charge in [0.05, 0.1) is 11.1 Å². The lowest BCUT2D eigenvalue weighted by Crippen LogP contribution is -1.93. The van der Waals surface area contributed by atoms with Gasteiger partial charge in [0.1, 0.15) is 34.8 Å². The molecule has 0 aliphatic heterocycles. The van der Waals surface area contributed by atoms with Gasteiger partial charge in [-0.15, -0.1) is 0 Å². The molecule has 0 bridgehead atoms. The first-order valence-corrected chi connectivity index (χ1v) is 4.76. The van der Waals surface area contributed by atoms with Gasteiger partial charge in [-0.25, -0.2) is 17.6 Å².